The van der Waals surface area contributed by atoms with Crippen LogP contribution in [0.1, 0.15) is 33.1 Å². The summed E-state index contributed by atoms with van der Waals surface area (Å²) in [7, 11) is 0. The van der Waals surface area contributed by atoms with Crippen LogP contribution in [0.25, 0.3) is 0 Å². The van der Waals surface area contributed by atoms with Crippen LogP contribution in [0.2, 0.25) is 0 Å². The van der Waals surface area contributed by atoms with Gasteiger partial charge in [0.05, 0.1) is 12.7 Å². The van der Waals surface area contributed by atoms with Gasteiger partial charge in [0.2, 0.25) is 0 Å². The molecule has 0 radical (unpaired) electrons. The average molecular weight is 270 g/mol. The largest absolute Gasteiger partial charge is 0.381 e. The molecule has 4 heteroatoms. The van der Waals surface area contributed by atoms with Gasteiger partial charge in [-0.2, -0.15) is 0 Å². The Labute approximate surface area is 117 Å². The molecule has 2 rings (SSSR count). The second-order valence-corrected chi connectivity index (χ2v) is 6.04. The van der Waals surface area contributed by atoms with E-state index in [9.17, 15) is 0 Å². The summed E-state index contributed by atoms with van der Waals surface area (Å²) in [6.45, 7) is 12.5. The molecule has 2 heterocycles. The minimum atomic E-state index is 0.324. The molecule has 0 aromatic carbocycles. The Morgan fingerprint density at radius 3 is 3.00 bits per heavy atom. The highest BCUT2D eigenvalue weighted by molar-refractivity contribution is 4.90. The fourth-order valence-electron chi connectivity index (χ4n) is 3.36. The van der Waals surface area contributed by atoms with Crippen molar-refractivity contribution in [3.05, 3.63) is 0 Å². The van der Waals surface area contributed by atoms with E-state index in [1.165, 1.54) is 25.8 Å². The van der Waals surface area contributed by atoms with Crippen molar-refractivity contribution in [1.82, 2.24) is 10.2 Å². The molecule has 4 nitrogen and oxygen atoms in total. The molecule has 2 unspecified atom stereocenters. The summed E-state index contributed by atoms with van der Waals surface area (Å²) >= 11 is 0. The van der Waals surface area contributed by atoms with Crippen molar-refractivity contribution in [3.63, 3.8) is 0 Å². The van der Waals surface area contributed by atoms with E-state index >= 15 is 0 Å². The van der Waals surface area contributed by atoms with Crippen molar-refractivity contribution in [1.29, 1.82) is 0 Å². The first-order valence-corrected chi connectivity index (χ1v) is 7.90. The summed E-state index contributed by atoms with van der Waals surface area (Å²) in [6.07, 6.45) is 4.12. The maximum atomic E-state index is 5.80. The minimum absolute atomic E-state index is 0.324. The van der Waals surface area contributed by atoms with Gasteiger partial charge in [0, 0.05) is 38.3 Å². The number of ether oxygens (including phenoxy) is 2. The topological polar surface area (TPSA) is 33.7 Å². The highest BCUT2D eigenvalue weighted by Crippen LogP contribution is 2.30. The fraction of sp³-hybridized carbons (Fsp3) is 1.00. The first kappa shape index (κ1) is 15.2. The van der Waals surface area contributed by atoms with E-state index in [-0.39, 0.29) is 0 Å². The van der Waals surface area contributed by atoms with Crippen LogP contribution in [0.15, 0.2) is 0 Å². The van der Waals surface area contributed by atoms with E-state index < -0.39 is 0 Å². The average Bonchev–Trinajstić information content (AvgIpc) is 2.86. The van der Waals surface area contributed by atoms with E-state index in [0.717, 1.165) is 46.0 Å². The third-order valence-electron chi connectivity index (χ3n) is 4.36. The zero-order valence-electron chi connectivity index (χ0n) is 12.6. The van der Waals surface area contributed by atoms with Gasteiger partial charge >= 0.3 is 0 Å². The molecule has 19 heavy (non-hydrogen) atoms. The predicted molar refractivity (Wildman–Crippen MR) is 77.5 cm³/mol. The SMILES string of the molecule is CCNCC1(CN2CCCC(OCC)C2)CCOC1. The first-order chi connectivity index (χ1) is 9.28. The molecule has 0 amide bonds. The normalized spacial score (nSPS) is 32.8. The number of hydrogen-bond acceptors (Lipinski definition) is 4. The van der Waals surface area contributed by atoms with Crippen LogP contribution in [-0.2, 0) is 9.47 Å². The van der Waals surface area contributed by atoms with E-state index in [4.69, 9.17) is 9.47 Å². The third-order valence-corrected chi connectivity index (χ3v) is 4.36. The smallest absolute Gasteiger partial charge is 0.0702 e. The highest BCUT2D eigenvalue weighted by Gasteiger charge is 2.37. The number of likely N-dealkylation sites (tertiary alicyclic amines) is 1. The number of hydrogen-bond donors (Lipinski definition) is 1. The Kier molecular flexibility index (Phi) is 6.07. The Balaban J connectivity index is 1.85. The van der Waals surface area contributed by atoms with Crippen LogP contribution in [0.5, 0.6) is 0 Å². The summed E-state index contributed by atoms with van der Waals surface area (Å²) in [5.41, 5.74) is 0.324. The van der Waals surface area contributed by atoms with E-state index in [0.29, 0.717) is 11.5 Å². The quantitative estimate of drug-likeness (QED) is 0.760. The predicted octanol–water partition coefficient (Wildman–Crippen LogP) is 1.50. The number of nitrogens with one attached hydrogen (secondary N) is 1. The van der Waals surface area contributed by atoms with Gasteiger partial charge in [0.1, 0.15) is 0 Å². The Morgan fingerprint density at radius 1 is 1.42 bits per heavy atom. The second-order valence-electron chi connectivity index (χ2n) is 6.04. The lowest BCUT2D eigenvalue weighted by Gasteiger charge is -2.38. The lowest BCUT2D eigenvalue weighted by Crippen LogP contribution is -2.49. The molecule has 2 atom stereocenters. The Hall–Kier alpha value is -0.160. The van der Waals surface area contributed by atoms with Gasteiger partial charge in [-0.05, 0) is 39.3 Å². The molecule has 1 N–H and O–H groups in total. The van der Waals surface area contributed by atoms with Crippen LogP contribution in [0, 0.1) is 5.41 Å². The van der Waals surface area contributed by atoms with Crippen molar-refractivity contribution in [2.75, 3.05) is 52.5 Å². The minimum Gasteiger partial charge on any atom is -0.381 e. The standard InChI is InChI=1S/C15H30N2O2/c1-3-16-11-15(7-9-18-13-15)12-17-8-5-6-14(10-17)19-4-2/h14,16H,3-13H2,1-2H3. The van der Waals surface area contributed by atoms with Crippen molar-refractivity contribution in [2.45, 2.75) is 39.2 Å². The molecule has 0 spiro atoms. The van der Waals surface area contributed by atoms with E-state index in [1.807, 2.05) is 0 Å². The van der Waals surface area contributed by atoms with Gasteiger partial charge in [-0.15, -0.1) is 0 Å². The molecule has 2 aliphatic heterocycles. The van der Waals surface area contributed by atoms with Gasteiger partial charge in [-0.25, -0.2) is 0 Å². The zero-order chi connectivity index (χ0) is 13.6. The third kappa shape index (κ3) is 4.42. The Morgan fingerprint density at radius 2 is 2.32 bits per heavy atom. The maximum absolute atomic E-state index is 5.80. The summed E-state index contributed by atoms with van der Waals surface area (Å²) in [6, 6.07) is 0. The van der Waals surface area contributed by atoms with Crippen molar-refractivity contribution < 1.29 is 9.47 Å². The van der Waals surface area contributed by atoms with Crippen LogP contribution in [0.3, 0.4) is 0 Å². The molecule has 0 bridgehead atoms. The van der Waals surface area contributed by atoms with Gasteiger partial charge in [0.15, 0.2) is 0 Å². The van der Waals surface area contributed by atoms with E-state index in [2.05, 4.69) is 24.1 Å². The monoisotopic (exact) mass is 270 g/mol. The first-order valence-electron chi connectivity index (χ1n) is 7.90. The van der Waals surface area contributed by atoms with Crippen LogP contribution >= 0.6 is 0 Å². The van der Waals surface area contributed by atoms with Crippen LogP contribution in [-0.4, -0.2) is 63.5 Å². The number of piperidine rings is 1. The Bertz CT molecular complexity index is 253. The van der Waals surface area contributed by atoms with Crippen molar-refractivity contribution >= 4 is 0 Å². The number of nitrogens with zero attached hydrogens (tertiary/aromatic N) is 1. The highest BCUT2D eigenvalue weighted by atomic mass is 16.5. The molecule has 2 aliphatic rings. The van der Waals surface area contributed by atoms with Gasteiger partial charge in [0.25, 0.3) is 0 Å². The maximum Gasteiger partial charge on any atom is 0.0702 e. The van der Waals surface area contributed by atoms with Gasteiger partial charge < -0.3 is 19.7 Å². The second kappa shape index (κ2) is 7.58. The molecule has 0 saturated carbocycles. The molecular formula is C15H30N2O2. The molecule has 0 aromatic heterocycles. The summed E-state index contributed by atoms with van der Waals surface area (Å²) < 4.78 is 11.5. The van der Waals surface area contributed by atoms with Crippen LogP contribution in [0.4, 0.5) is 0 Å². The molecule has 0 aromatic rings. The lowest BCUT2D eigenvalue weighted by molar-refractivity contribution is -0.00811. The zero-order valence-corrected chi connectivity index (χ0v) is 12.6. The summed E-state index contributed by atoms with van der Waals surface area (Å²) in [5.74, 6) is 0. The molecule has 2 fully saturated rings. The molecule has 0 aliphatic carbocycles. The van der Waals surface area contributed by atoms with E-state index in [1.54, 1.807) is 0 Å². The van der Waals surface area contributed by atoms with Crippen LogP contribution < -0.4 is 5.32 Å². The van der Waals surface area contributed by atoms with Gasteiger partial charge in [-0.1, -0.05) is 6.92 Å². The molecule has 112 valence electrons. The lowest BCUT2D eigenvalue weighted by atomic mass is 9.85. The van der Waals surface area contributed by atoms with Crippen molar-refractivity contribution in [2.24, 2.45) is 5.41 Å². The van der Waals surface area contributed by atoms with Gasteiger partial charge in [-0.3, -0.25) is 0 Å². The number of rotatable bonds is 7. The summed E-state index contributed by atoms with van der Waals surface area (Å²) in [5, 5.41) is 3.52. The fourth-order valence-corrected chi connectivity index (χ4v) is 3.36. The van der Waals surface area contributed by atoms with Crippen molar-refractivity contribution in [3.8, 4) is 0 Å². The summed E-state index contributed by atoms with van der Waals surface area (Å²) in [4.78, 5) is 2.59. The molecule has 2 saturated heterocycles. The molecular weight excluding hydrogens is 240 g/mol.